The third-order valence-electron chi connectivity index (χ3n) is 6.59. The van der Waals surface area contributed by atoms with Crippen LogP contribution in [-0.2, 0) is 13.0 Å². The Balaban J connectivity index is 1.30. The van der Waals surface area contributed by atoms with E-state index in [1.54, 1.807) is 13.3 Å². The molecule has 0 atom stereocenters. The van der Waals surface area contributed by atoms with Crippen LogP contribution in [0.15, 0.2) is 54.7 Å². The molecule has 1 aliphatic carbocycles. The molecule has 6 rings (SSSR count). The Kier molecular flexibility index (Phi) is 4.82. The molecule has 0 N–H and O–H groups in total. The lowest BCUT2D eigenvalue weighted by Gasteiger charge is -2.21. The molecule has 1 aliphatic heterocycles. The second-order valence-corrected chi connectivity index (χ2v) is 8.72. The van der Waals surface area contributed by atoms with Gasteiger partial charge in [0.2, 0.25) is 5.88 Å². The van der Waals surface area contributed by atoms with Crippen LogP contribution in [0.5, 0.6) is 5.88 Å². The third-order valence-corrected chi connectivity index (χ3v) is 6.59. The Morgan fingerprint density at radius 1 is 1.00 bits per heavy atom. The first-order valence-electron chi connectivity index (χ1n) is 11.5. The number of nitrogens with zero attached hydrogens (tertiary/aromatic N) is 5. The van der Waals surface area contributed by atoms with E-state index in [1.165, 1.54) is 12.8 Å². The summed E-state index contributed by atoms with van der Waals surface area (Å²) < 4.78 is 7.19. The van der Waals surface area contributed by atoms with E-state index in [0.29, 0.717) is 31.4 Å². The van der Waals surface area contributed by atoms with Crippen molar-refractivity contribution >= 4 is 16.7 Å². The molecule has 1 amide bonds. The van der Waals surface area contributed by atoms with Crippen molar-refractivity contribution in [2.75, 3.05) is 20.2 Å². The zero-order chi connectivity index (χ0) is 22.4. The molecule has 7 nitrogen and oxygen atoms in total. The quantitative estimate of drug-likeness (QED) is 0.479. The largest absolute Gasteiger partial charge is 0.481 e. The van der Waals surface area contributed by atoms with Crippen molar-refractivity contribution in [1.29, 1.82) is 0 Å². The van der Waals surface area contributed by atoms with Gasteiger partial charge in [-0.1, -0.05) is 30.3 Å². The van der Waals surface area contributed by atoms with Crippen molar-refractivity contribution in [3.63, 3.8) is 0 Å². The lowest BCUT2D eigenvalue weighted by molar-refractivity contribution is 0.0760. The average molecular weight is 440 g/mol. The van der Waals surface area contributed by atoms with Gasteiger partial charge in [0.1, 0.15) is 5.82 Å². The topological polar surface area (TPSA) is 73.1 Å². The molecule has 0 spiro atoms. The molecule has 166 valence electrons. The van der Waals surface area contributed by atoms with Crippen LogP contribution in [0.4, 0.5) is 0 Å². The van der Waals surface area contributed by atoms with Crippen LogP contribution in [0.3, 0.4) is 0 Å². The summed E-state index contributed by atoms with van der Waals surface area (Å²) in [5.41, 5.74) is 2.76. The van der Waals surface area contributed by atoms with Gasteiger partial charge in [-0.2, -0.15) is 5.10 Å². The standard InChI is InChI=1S/C26H25N5O2/c1-33-24-11-8-18(16-27-24)19-9-10-22(21-5-3-2-4-20(19)21)26(32)30-13-12-23-28-25(17-6-7-17)29-31(23)15-14-30/h2-5,8-11,16-17H,6-7,12-15H2,1H3. The monoisotopic (exact) mass is 439 g/mol. The van der Waals surface area contributed by atoms with Gasteiger partial charge in [0.25, 0.3) is 5.91 Å². The Labute approximate surface area is 192 Å². The first kappa shape index (κ1) is 19.9. The van der Waals surface area contributed by atoms with Crippen molar-refractivity contribution in [2.24, 2.45) is 0 Å². The highest BCUT2D eigenvalue weighted by Gasteiger charge is 2.30. The molecular weight excluding hydrogens is 414 g/mol. The Bertz CT molecular complexity index is 1320. The number of methoxy groups -OCH3 is 1. The predicted octanol–water partition coefficient (Wildman–Crippen LogP) is 4.08. The molecule has 3 heterocycles. The molecule has 4 aromatic rings. The Hall–Kier alpha value is -3.74. The molecule has 0 saturated heterocycles. The normalized spacial score (nSPS) is 15.8. The lowest BCUT2D eigenvalue weighted by Crippen LogP contribution is -2.34. The summed E-state index contributed by atoms with van der Waals surface area (Å²) >= 11 is 0. The van der Waals surface area contributed by atoms with Gasteiger partial charge in [-0.3, -0.25) is 4.79 Å². The summed E-state index contributed by atoms with van der Waals surface area (Å²) in [7, 11) is 1.61. The number of carbonyl (C=O) groups excluding carboxylic acids is 1. The molecule has 0 bridgehead atoms. The minimum atomic E-state index is 0.0544. The first-order valence-corrected chi connectivity index (χ1v) is 11.5. The van der Waals surface area contributed by atoms with Crippen LogP contribution in [0.25, 0.3) is 21.9 Å². The van der Waals surface area contributed by atoms with Crippen molar-refractivity contribution in [1.82, 2.24) is 24.6 Å². The molecule has 0 radical (unpaired) electrons. The summed E-state index contributed by atoms with van der Waals surface area (Å²) in [5, 5.41) is 6.69. The molecule has 0 unspecified atom stereocenters. The van der Waals surface area contributed by atoms with Crippen molar-refractivity contribution < 1.29 is 9.53 Å². The number of amides is 1. The van der Waals surface area contributed by atoms with Crippen LogP contribution in [0.2, 0.25) is 0 Å². The second kappa shape index (κ2) is 7.99. The minimum Gasteiger partial charge on any atom is -0.481 e. The van der Waals surface area contributed by atoms with Gasteiger partial charge in [0.05, 0.1) is 13.7 Å². The van der Waals surface area contributed by atoms with E-state index >= 15 is 0 Å². The van der Waals surface area contributed by atoms with E-state index < -0.39 is 0 Å². The van der Waals surface area contributed by atoms with Crippen LogP contribution < -0.4 is 4.74 Å². The van der Waals surface area contributed by atoms with E-state index in [2.05, 4.69) is 11.1 Å². The smallest absolute Gasteiger partial charge is 0.254 e. The van der Waals surface area contributed by atoms with Gasteiger partial charge in [0, 0.05) is 48.8 Å². The zero-order valence-corrected chi connectivity index (χ0v) is 18.6. The summed E-state index contributed by atoms with van der Waals surface area (Å²) in [4.78, 5) is 24.6. The zero-order valence-electron chi connectivity index (χ0n) is 18.6. The molecule has 2 aromatic heterocycles. The Morgan fingerprint density at radius 3 is 2.61 bits per heavy atom. The molecule has 1 fully saturated rings. The van der Waals surface area contributed by atoms with Crippen LogP contribution >= 0.6 is 0 Å². The van der Waals surface area contributed by atoms with Gasteiger partial charge in [0.15, 0.2) is 5.82 Å². The maximum atomic E-state index is 13.6. The van der Waals surface area contributed by atoms with Crippen LogP contribution in [-0.4, -0.2) is 50.8 Å². The van der Waals surface area contributed by atoms with E-state index in [9.17, 15) is 4.79 Å². The van der Waals surface area contributed by atoms with Crippen LogP contribution in [0.1, 0.15) is 40.8 Å². The first-order chi connectivity index (χ1) is 16.2. The molecular formula is C26H25N5O2. The van der Waals surface area contributed by atoms with Gasteiger partial charge in [-0.15, -0.1) is 0 Å². The number of hydrogen-bond acceptors (Lipinski definition) is 5. The number of fused-ring (bicyclic) bond motifs is 2. The lowest BCUT2D eigenvalue weighted by atomic mass is 9.95. The summed E-state index contributed by atoms with van der Waals surface area (Å²) in [6, 6.07) is 15.9. The number of carbonyl (C=O) groups is 1. The number of rotatable bonds is 4. The van der Waals surface area contributed by atoms with E-state index in [1.807, 2.05) is 52.0 Å². The summed E-state index contributed by atoms with van der Waals surface area (Å²) in [6.45, 7) is 1.98. The number of hydrogen-bond donors (Lipinski definition) is 0. The number of ether oxygens (including phenoxy) is 1. The number of benzene rings is 2. The highest BCUT2D eigenvalue weighted by atomic mass is 16.5. The van der Waals surface area contributed by atoms with E-state index in [-0.39, 0.29) is 5.91 Å². The van der Waals surface area contributed by atoms with Crippen molar-refractivity contribution in [3.05, 3.63) is 71.9 Å². The maximum Gasteiger partial charge on any atom is 0.254 e. The van der Waals surface area contributed by atoms with Crippen LogP contribution in [0, 0.1) is 0 Å². The van der Waals surface area contributed by atoms with Gasteiger partial charge in [-0.25, -0.2) is 14.6 Å². The number of pyridine rings is 1. The molecule has 2 aromatic carbocycles. The van der Waals surface area contributed by atoms with Crippen molar-refractivity contribution in [2.45, 2.75) is 31.7 Å². The van der Waals surface area contributed by atoms with Crippen molar-refractivity contribution in [3.8, 4) is 17.0 Å². The van der Waals surface area contributed by atoms with Gasteiger partial charge < -0.3 is 9.64 Å². The summed E-state index contributed by atoms with van der Waals surface area (Å²) in [6.07, 6.45) is 4.94. The number of aromatic nitrogens is 4. The van der Waals surface area contributed by atoms with Gasteiger partial charge >= 0.3 is 0 Å². The SMILES string of the molecule is COc1ccc(-c2ccc(C(=O)N3CCc4nc(C5CC5)nn4CC3)c3ccccc23)cn1. The molecule has 33 heavy (non-hydrogen) atoms. The summed E-state index contributed by atoms with van der Waals surface area (Å²) in [5.74, 6) is 3.17. The fourth-order valence-corrected chi connectivity index (χ4v) is 4.61. The molecule has 1 saturated carbocycles. The molecule has 7 heteroatoms. The predicted molar refractivity (Wildman–Crippen MR) is 125 cm³/mol. The molecule has 2 aliphatic rings. The fraction of sp³-hybridized carbons (Fsp3) is 0.308. The van der Waals surface area contributed by atoms with Gasteiger partial charge in [-0.05, 0) is 41.3 Å². The fourth-order valence-electron chi connectivity index (χ4n) is 4.61. The highest BCUT2D eigenvalue weighted by molar-refractivity contribution is 6.10. The van der Waals surface area contributed by atoms with E-state index in [4.69, 9.17) is 14.8 Å². The minimum absolute atomic E-state index is 0.0544. The highest BCUT2D eigenvalue weighted by Crippen LogP contribution is 2.38. The third kappa shape index (κ3) is 3.63. The average Bonchev–Trinajstić information content (AvgIpc) is 3.67. The second-order valence-electron chi connectivity index (χ2n) is 8.72. The Morgan fingerprint density at radius 2 is 1.85 bits per heavy atom. The van der Waals surface area contributed by atoms with E-state index in [0.717, 1.165) is 45.5 Å². The maximum absolute atomic E-state index is 13.6.